The highest BCUT2D eigenvalue weighted by molar-refractivity contribution is 8.00. The van der Waals surface area contributed by atoms with Crippen molar-refractivity contribution in [2.75, 3.05) is 0 Å². The molecule has 0 radical (unpaired) electrons. The lowest BCUT2D eigenvalue weighted by molar-refractivity contribution is -0.119. The molecule has 1 aromatic carbocycles. The highest BCUT2D eigenvalue weighted by atomic mass is 32.2. The number of hydrogen-bond acceptors (Lipinski definition) is 3. The molecule has 4 aliphatic carbocycles. The molecular formula is C20H24F2N2O2S. The summed E-state index contributed by atoms with van der Waals surface area (Å²) in [7, 11) is 0. The predicted octanol–water partition coefficient (Wildman–Crippen LogP) is 4.24. The Morgan fingerprint density at radius 2 is 1.67 bits per heavy atom. The molecule has 7 heteroatoms. The fourth-order valence-corrected chi connectivity index (χ4v) is 6.45. The summed E-state index contributed by atoms with van der Waals surface area (Å²) >= 11 is 1.09. The zero-order chi connectivity index (χ0) is 19.2. The van der Waals surface area contributed by atoms with Crippen LogP contribution >= 0.6 is 11.8 Å². The first-order valence-corrected chi connectivity index (χ1v) is 10.4. The lowest BCUT2D eigenvalue weighted by Gasteiger charge is -2.56. The highest BCUT2D eigenvalue weighted by Gasteiger charge is 2.51. The zero-order valence-corrected chi connectivity index (χ0v) is 16.1. The fraction of sp³-hybridized carbons (Fsp3) is 0.600. The van der Waals surface area contributed by atoms with E-state index in [1.165, 1.54) is 25.3 Å². The molecule has 5 rings (SSSR count). The SMILES string of the molecule is C[C@@H](Sc1ccc(F)c(F)c1)C(=O)NC(=O)NC12CC3CC(CC(C3)C1)C2. The van der Waals surface area contributed by atoms with Gasteiger partial charge in [-0.1, -0.05) is 0 Å². The maximum atomic E-state index is 13.3. The van der Waals surface area contributed by atoms with Gasteiger partial charge >= 0.3 is 6.03 Å². The van der Waals surface area contributed by atoms with Gasteiger partial charge in [0.1, 0.15) is 0 Å². The molecule has 0 unspecified atom stereocenters. The third kappa shape index (κ3) is 3.98. The first-order valence-electron chi connectivity index (χ1n) is 9.56. The minimum atomic E-state index is -0.952. The molecule has 4 aliphatic rings. The van der Waals surface area contributed by atoms with E-state index in [0.717, 1.165) is 43.2 Å². The molecule has 4 saturated carbocycles. The van der Waals surface area contributed by atoms with Crippen LogP contribution in [-0.4, -0.2) is 22.7 Å². The summed E-state index contributed by atoms with van der Waals surface area (Å²) in [5.74, 6) is -0.203. The minimum Gasteiger partial charge on any atom is -0.332 e. The van der Waals surface area contributed by atoms with Crippen molar-refractivity contribution in [2.24, 2.45) is 17.8 Å². The quantitative estimate of drug-likeness (QED) is 0.751. The summed E-state index contributed by atoms with van der Waals surface area (Å²) in [5.41, 5.74) is -0.157. The molecule has 0 saturated heterocycles. The molecule has 0 aromatic heterocycles. The number of urea groups is 1. The number of hydrogen-bond donors (Lipinski definition) is 2. The number of nitrogens with one attached hydrogen (secondary N) is 2. The Bertz CT molecular complexity index is 735. The van der Waals surface area contributed by atoms with Crippen molar-refractivity contribution in [1.29, 1.82) is 0 Å². The van der Waals surface area contributed by atoms with Gasteiger partial charge in [-0.05, 0) is 81.4 Å². The van der Waals surface area contributed by atoms with E-state index in [0.29, 0.717) is 22.6 Å². The molecular weight excluding hydrogens is 370 g/mol. The molecule has 27 heavy (non-hydrogen) atoms. The molecule has 4 fully saturated rings. The predicted molar refractivity (Wildman–Crippen MR) is 99.3 cm³/mol. The summed E-state index contributed by atoms with van der Waals surface area (Å²) in [6.45, 7) is 1.64. The molecule has 4 nitrogen and oxygen atoms in total. The van der Waals surface area contributed by atoms with Crippen LogP contribution in [0.5, 0.6) is 0 Å². The second-order valence-corrected chi connectivity index (χ2v) is 9.89. The van der Waals surface area contributed by atoms with Crippen LogP contribution in [-0.2, 0) is 4.79 Å². The number of halogens is 2. The second kappa shape index (κ2) is 7.08. The first kappa shape index (κ1) is 18.7. The van der Waals surface area contributed by atoms with Gasteiger partial charge in [0.25, 0.3) is 0 Å². The Hall–Kier alpha value is -1.63. The number of carbonyl (C=O) groups is 2. The number of rotatable bonds is 4. The van der Waals surface area contributed by atoms with Crippen LogP contribution in [0.1, 0.15) is 45.4 Å². The van der Waals surface area contributed by atoms with Crippen LogP contribution in [0.15, 0.2) is 23.1 Å². The number of thioether (sulfide) groups is 1. The molecule has 146 valence electrons. The van der Waals surface area contributed by atoms with E-state index >= 15 is 0 Å². The third-order valence-electron chi connectivity index (χ3n) is 6.23. The van der Waals surface area contributed by atoms with Gasteiger partial charge in [-0.2, -0.15) is 0 Å². The van der Waals surface area contributed by atoms with Crippen molar-refractivity contribution in [3.8, 4) is 0 Å². The van der Waals surface area contributed by atoms with Crippen molar-refractivity contribution in [3.05, 3.63) is 29.8 Å². The lowest BCUT2D eigenvalue weighted by Crippen LogP contribution is -2.62. The largest absolute Gasteiger partial charge is 0.332 e. The van der Waals surface area contributed by atoms with Crippen LogP contribution in [0.3, 0.4) is 0 Å². The topological polar surface area (TPSA) is 58.2 Å². The summed E-state index contributed by atoms with van der Waals surface area (Å²) in [4.78, 5) is 25.2. The van der Waals surface area contributed by atoms with Crippen molar-refractivity contribution in [1.82, 2.24) is 10.6 Å². The summed E-state index contributed by atoms with van der Waals surface area (Å²) in [6.07, 6.45) is 6.88. The molecule has 1 atom stereocenters. The zero-order valence-electron chi connectivity index (χ0n) is 15.3. The summed E-state index contributed by atoms with van der Waals surface area (Å²) < 4.78 is 26.3. The van der Waals surface area contributed by atoms with Gasteiger partial charge in [0.05, 0.1) is 5.25 Å². The van der Waals surface area contributed by atoms with E-state index in [4.69, 9.17) is 0 Å². The average Bonchev–Trinajstić information content (AvgIpc) is 2.56. The lowest BCUT2D eigenvalue weighted by atomic mass is 9.53. The average molecular weight is 394 g/mol. The van der Waals surface area contributed by atoms with Crippen LogP contribution in [0.2, 0.25) is 0 Å². The van der Waals surface area contributed by atoms with E-state index in [-0.39, 0.29) is 5.54 Å². The van der Waals surface area contributed by atoms with Gasteiger partial charge in [-0.3, -0.25) is 10.1 Å². The van der Waals surface area contributed by atoms with Crippen LogP contribution < -0.4 is 10.6 Å². The van der Waals surface area contributed by atoms with E-state index in [2.05, 4.69) is 10.6 Å². The van der Waals surface area contributed by atoms with Crippen molar-refractivity contribution < 1.29 is 18.4 Å². The van der Waals surface area contributed by atoms with E-state index < -0.39 is 28.8 Å². The monoisotopic (exact) mass is 394 g/mol. The molecule has 0 spiro atoms. The van der Waals surface area contributed by atoms with Crippen molar-refractivity contribution in [2.45, 2.75) is 61.1 Å². The number of imide groups is 1. The first-order chi connectivity index (χ1) is 12.8. The molecule has 0 aliphatic heterocycles. The van der Waals surface area contributed by atoms with E-state index in [1.807, 2.05) is 0 Å². The maximum Gasteiger partial charge on any atom is 0.321 e. The van der Waals surface area contributed by atoms with Crippen molar-refractivity contribution in [3.63, 3.8) is 0 Å². The van der Waals surface area contributed by atoms with Gasteiger partial charge in [-0.15, -0.1) is 11.8 Å². The van der Waals surface area contributed by atoms with Crippen LogP contribution in [0.25, 0.3) is 0 Å². The van der Waals surface area contributed by atoms with E-state index in [9.17, 15) is 18.4 Å². The Morgan fingerprint density at radius 3 is 2.22 bits per heavy atom. The Balaban J connectivity index is 1.32. The summed E-state index contributed by atoms with van der Waals surface area (Å²) in [6, 6.07) is 3.06. The van der Waals surface area contributed by atoms with Gasteiger partial charge in [-0.25, -0.2) is 13.6 Å². The van der Waals surface area contributed by atoms with E-state index in [1.54, 1.807) is 6.92 Å². The Kier molecular flexibility index (Phi) is 4.91. The summed E-state index contributed by atoms with van der Waals surface area (Å²) in [5, 5.41) is 4.92. The van der Waals surface area contributed by atoms with Crippen molar-refractivity contribution >= 4 is 23.7 Å². The normalized spacial score (nSPS) is 32.2. The van der Waals surface area contributed by atoms with Gasteiger partial charge in [0.15, 0.2) is 11.6 Å². The van der Waals surface area contributed by atoms with Crippen LogP contribution in [0.4, 0.5) is 13.6 Å². The third-order valence-corrected chi connectivity index (χ3v) is 7.32. The second-order valence-electron chi connectivity index (χ2n) is 8.48. The number of benzene rings is 1. The Morgan fingerprint density at radius 1 is 1.07 bits per heavy atom. The Labute approximate surface area is 161 Å². The van der Waals surface area contributed by atoms with Gasteiger partial charge in [0, 0.05) is 10.4 Å². The molecule has 4 bridgehead atoms. The smallest absolute Gasteiger partial charge is 0.321 e. The standard InChI is InChI=1S/C20H24F2N2O2S/c1-11(27-15-2-3-16(21)17(22)7-15)18(25)23-19(26)24-20-8-12-4-13(9-20)6-14(5-12)10-20/h2-3,7,11-14H,4-6,8-10H2,1H3,(H2,23,24,25,26)/t11-,12?,13?,14?,20?/m1/s1. The fourth-order valence-electron chi connectivity index (χ4n) is 5.56. The molecule has 1 aromatic rings. The van der Waals surface area contributed by atoms with Gasteiger partial charge in [0.2, 0.25) is 5.91 Å². The molecule has 0 heterocycles. The molecule has 2 N–H and O–H groups in total. The highest BCUT2D eigenvalue weighted by Crippen LogP contribution is 2.55. The van der Waals surface area contributed by atoms with Gasteiger partial charge < -0.3 is 5.32 Å². The maximum absolute atomic E-state index is 13.3. The number of carbonyl (C=O) groups excluding carboxylic acids is 2. The van der Waals surface area contributed by atoms with Crippen LogP contribution in [0, 0.1) is 29.4 Å². The molecule has 3 amide bonds. The number of amides is 3. The minimum absolute atomic E-state index is 0.157.